The number of ether oxygens (including phenoxy) is 1. The van der Waals surface area contributed by atoms with Gasteiger partial charge in [-0.2, -0.15) is 5.10 Å². The van der Waals surface area contributed by atoms with E-state index in [1.165, 1.54) is 0 Å². The van der Waals surface area contributed by atoms with Gasteiger partial charge < -0.3 is 9.30 Å². The first-order chi connectivity index (χ1) is 16.2. The summed E-state index contributed by atoms with van der Waals surface area (Å²) in [5, 5.41) is 4.68. The van der Waals surface area contributed by atoms with E-state index in [4.69, 9.17) is 4.74 Å². The van der Waals surface area contributed by atoms with Crippen LogP contribution in [0.1, 0.15) is 39.9 Å². The summed E-state index contributed by atoms with van der Waals surface area (Å²) in [5.41, 5.74) is 4.74. The molecule has 0 fully saturated rings. The lowest BCUT2D eigenvalue weighted by atomic mass is 10.0. The molecule has 33 heavy (non-hydrogen) atoms. The maximum atomic E-state index is 12.7. The van der Waals surface area contributed by atoms with Crippen LogP contribution >= 0.6 is 0 Å². The van der Waals surface area contributed by atoms with Crippen LogP contribution in [0.2, 0.25) is 0 Å². The minimum atomic E-state index is -0.360. The molecule has 0 aliphatic carbocycles. The Labute approximate surface area is 192 Å². The molecule has 0 atom stereocenters. The van der Waals surface area contributed by atoms with Crippen LogP contribution in [0.3, 0.4) is 0 Å². The topological polar surface area (TPSA) is 78.1 Å². The van der Waals surface area contributed by atoms with Crippen molar-refractivity contribution in [3.05, 3.63) is 95.5 Å². The van der Waals surface area contributed by atoms with Gasteiger partial charge in [0.05, 0.1) is 13.2 Å². The SMILES string of the molecule is CCOC(=O)c1nn(Cc2ccncc2)c2c1CN(Cc1cccn1-c1ccccn1)CC2. The molecule has 0 bridgehead atoms. The fourth-order valence-electron chi connectivity index (χ4n) is 4.33. The molecule has 8 nitrogen and oxygen atoms in total. The zero-order valence-electron chi connectivity index (χ0n) is 18.6. The summed E-state index contributed by atoms with van der Waals surface area (Å²) in [6.07, 6.45) is 8.20. The van der Waals surface area contributed by atoms with Gasteiger partial charge in [-0.05, 0) is 48.9 Å². The van der Waals surface area contributed by atoms with Crippen molar-refractivity contribution >= 4 is 5.97 Å². The van der Waals surface area contributed by atoms with E-state index in [0.29, 0.717) is 25.4 Å². The van der Waals surface area contributed by atoms with Crippen LogP contribution in [-0.2, 0) is 30.8 Å². The average molecular weight is 443 g/mol. The molecule has 0 radical (unpaired) electrons. The van der Waals surface area contributed by atoms with Crippen LogP contribution < -0.4 is 0 Å². The van der Waals surface area contributed by atoms with Crippen molar-refractivity contribution in [1.82, 2.24) is 29.2 Å². The van der Waals surface area contributed by atoms with E-state index in [-0.39, 0.29) is 5.97 Å². The molecule has 0 saturated heterocycles. The van der Waals surface area contributed by atoms with Crippen LogP contribution in [0.4, 0.5) is 0 Å². The van der Waals surface area contributed by atoms with E-state index >= 15 is 0 Å². The van der Waals surface area contributed by atoms with Crippen LogP contribution in [0, 0.1) is 0 Å². The van der Waals surface area contributed by atoms with Crippen molar-refractivity contribution in [2.75, 3.05) is 13.2 Å². The van der Waals surface area contributed by atoms with Crippen LogP contribution in [0.25, 0.3) is 5.82 Å². The summed E-state index contributed by atoms with van der Waals surface area (Å²) in [7, 11) is 0. The molecule has 0 N–H and O–H groups in total. The van der Waals surface area contributed by atoms with Crippen molar-refractivity contribution in [2.45, 2.75) is 33.0 Å². The molecule has 8 heteroatoms. The predicted octanol–water partition coefficient (Wildman–Crippen LogP) is 3.25. The van der Waals surface area contributed by atoms with E-state index in [2.05, 4.69) is 30.6 Å². The van der Waals surface area contributed by atoms with E-state index in [1.54, 1.807) is 18.6 Å². The summed E-state index contributed by atoms with van der Waals surface area (Å²) in [6, 6.07) is 14.0. The second-order valence-electron chi connectivity index (χ2n) is 8.03. The molecular formula is C25H26N6O2. The van der Waals surface area contributed by atoms with Gasteiger partial charge in [-0.3, -0.25) is 14.6 Å². The summed E-state index contributed by atoms with van der Waals surface area (Å²) in [4.78, 5) is 23.6. The molecular weight excluding hydrogens is 416 g/mol. The third-order valence-corrected chi connectivity index (χ3v) is 5.88. The summed E-state index contributed by atoms with van der Waals surface area (Å²) in [6.45, 7) is 5.02. The Kier molecular flexibility index (Phi) is 5.99. The number of carbonyl (C=O) groups excluding carboxylic acids is 1. The number of aromatic nitrogens is 5. The average Bonchev–Trinajstić information content (AvgIpc) is 3.45. The number of hydrogen-bond donors (Lipinski definition) is 0. The van der Waals surface area contributed by atoms with E-state index in [0.717, 1.165) is 47.8 Å². The zero-order chi connectivity index (χ0) is 22.6. The summed E-state index contributed by atoms with van der Waals surface area (Å²) in [5.74, 6) is 0.536. The van der Waals surface area contributed by atoms with Crippen molar-refractivity contribution in [3.8, 4) is 5.82 Å². The molecule has 1 aliphatic heterocycles. The minimum absolute atomic E-state index is 0.326. The maximum Gasteiger partial charge on any atom is 0.359 e. The van der Waals surface area contributed by atoms with Gasteiger partial charge in [0.25, 0.3) is 0 Å². The first-order valence-corrected chi connectivity index (χ1v) is 11.2. The number of nitrogens with zero attached hydrogens (tertiary/aromatic N) is 6. The van der Waals surface area contributed by atoms with Gasteiger partial charge in [0.1, 0.15) is 5.82 Å². The van der Waals surface area contributed by atoms with E-state index in [9.17, 15) is 4.79 Å². The quantitative estimate of drug-likeness (QED) is 0.409. The molecule has 0 saturated carbocycles. The van der Waals surface area contributed by atoms with Gasteiger partial charge in [-0.25, -0.2) is 9.78 Å². The molecule has 0 spiro atoms. The number of esters is 1. The molecule has 5 rings (SSSR count). The van der Waals surface area contributed by atoms with E-state index in [1.807, 2.05) is 54.2 Å². The Morgan fingerprint density at radius 1 is 1.06 bits per heavy atom. The van der Waals surface area contributed by atoms with Crippen molar-refractivity contribution < 1.29 is 9.53 Å². The highest BCUT2D eigenvalue weighted by atomic mass is 16.5. The van der Waals surface area contributed by atoms with E-state index < -0.39 is 0 Å². The lowest BCUT2D eigenvalue weighted by Gasteiger charge is -2.28. The highest BCUT2D eigenvalue weighted by Gasteiger charge is 2.29. The molecule has 0 aromatic carbocycles. The number of rotatable bonds is 7. The van der Waals surface area contributed by atoms with Crippen molar-refractivity contribution in [3.63, 3.8) is 0 Å². The largest absolute Gasteiger partial charge is 0.461 e. The first kappa shape index (κ1) is 21.1. The number of pyridine rings is 2. The number of hydrogen-bond acceptors (Lipinski definition) is 6. The van der Waals surface area contributed by atoms with Crippen LogP contribution in [0.15, 0.2) is 67.3 Å². The van der Waals surface area contributed by atoms with Gasteiger partial charge in [-0.1, -0.05) is 6.07 Å². The Balaban J connectivity index is 1.41. The summed E-state index contributed by atoms with van der Waals surface area (Å²) >= 11 is 0. The number of carbonyl (C=O) groups is 1. The third kappa shape index (κ3) is 4.42. The fourth-order valence-corrected chi connectivity index (χ4v) is 4.33. The Bertz CT molecular complexity index is 1230. The standard InChI is InChI=1S/C25H26N6O2/c1-2-33-25(32)24-21-18-29(17-20-6-5-14-30(20)23-7-3-4-11-27-23)15-10-22(21)31(28-24)16-19-8-12-26-13-9-19/h3-9,11-14H,2,10,15-18H2,1H3. The molecule has 168 valence electrons. The van der Waals surface area contributed by atoms with Crippen molar-refractivity contribution in [2.24, 2.45) is 0 Å². The Morgan fingerprint density at radius 3 is 2.73 bits per heavy atom. The monoisotopic (exact) mass is 442 g/mol. The molecule has 1 aliphatic rings. The molecule has 0 amide bonds. The highest BCUT2D eigenvalue weighted by Crippen LogP contribution is 2.26. The number of fused-ring (bicyclic) bond motifs is 1. The highest BCUT2D eigenvalue weighted by molar-refractivity contribution is 5.89. The Morgan fingerprint density at radius 2 is 1.94 bits per heavy atom. The fraction of sp³-hybridized carbons (Fsp3) is 0.280. The molecule has 4 aromatic rings. The first-order valence-electron chi connectivity index (χ1n) is 11.2. The molecule has 4 aromatic heterocycles. The second kappa shape index (κ2) is 9.38. The lowest BCUT2D eigenvalue weighted by molar-refractivity contribution is 0.0515. The Hall–Kier alpha value is -3.78. The van der Waals surface area contributed by atoms with Gasteiger partial charge >= 0.3 is 5.97 Å². The smallest absolute Gasteiger partial charge is 0.359 e. The molecule has 0 unspecified atom stereocenters. The maximum absolute atomic E-state index is 12.7. The molecule has 5 heterocycles. The van der Waals surface area contributed by atoms with Gasteiger partial charge in [0, 0.05) is 67.8 Å². The predicted molar refractivity (Wildman–Crippen MR) is 123 cm³/mol. The second-order valence-corrected chi connectivity index (χ2v) is 8.03. The van der Waals surface area contributed by atoms with Gasteiger partial charge in [0.15, 0.2) is 5.69 Å². The van der Waals surface area contributed by atoms with Gasteiger partial charge in [-0.15, -0.1) is 0 Å². The third-order valence-electron chi connectivity index (χ3n) is 5.88. The van der Waals surface area contributed by atoms with Crippen LogP contribution in [-0.4, -0.2) is 48.3 Å². The van der Waals surface area contributed by atoms with Crippen molar-refractivity contribution in [1.29, 1.82) is 0 Å². The van der Waals surface area contributed by atoms with Crippen LogP contribution in [0.5, 0.6) is 0 Å². The normalized spacial score (nSPS) is 13.6. The zero-order valence-corrected chi connectivity index (χ0v) is 18.6. The van der Waals surface area contributed by atoms with Gasteiger partial charge in [0.2, 0.25) is 0 Å². The lowest BCUT2D eigenvalue weighted by Crippen LogP contribution is -2.32. The summed E-state index contributed by atoms with van der Waals surface area (Å²) < 4.78 is 9.38. The minimum Gasteiger partial charge on any atom is -0.461 e.